The van der Waals surface area contributed by atoms with Crippen molar-refractivity contribution in [2.24, 2.45) is 0 Å². The van der Waals surface area contributed by atoms with E-state index in [0.717, 1.165) is 43.8 Å². The zero-order chi connectivity index (χ0) is 23.5. The van der Waals surface area contributed by atoms with E-state index in [1.54, 1.807) is 7.11 Å². The Balaban J connectivity index is 1.53. The molecule has 5 rings (SSSR count). The van der Waals surface area contributed by atoms with E-state index in [9.17, 15) is 4.79 Å². The lowest BCUT2D eigenvalue weighted by Crippen LogP contribution is -2.49. The smallest absolute Gasteiger partial charge is 0.410 e. The Morgan fingerprint density at radius 3 is 2.61 bits per heavy atom. The minimum absolute atomic E-state index is 0.194. The van der Waals surface area contributed by atoms with Crippen LogP contribution in [-0.2, 0) is 11.2 Å². The molecule has 2 atom stereocenters. The van der Waals surface area contributed by atoms with E-state index in [1.165, 1.54) is 27.9 Å². The molecule has 1 saturated heterocycles. The van der Waals surface area contributed by atoms with Gasteiger partial charge >= 0.3 is 6.09 Å². The third kappa shape index (κ3) is 3.85. The first-order valence-electron chi connectivity index (χ1n) is 12.3. The summed E-state index contributed by atoms with van der Waals surface area (Å²) in [7, 11) is 1.75. The summed E-state index contributed by atoms with van der Waals surface area (Å²) < 4.78 is 11.5. The second-order valence-corrected chi connectivity index (χ2v) is 11.0. The third-order valence-corrected chi connectivity index (χ3v) is 7.36. The fourth-order valence-electron chi connectivity index (χ4n) is 5.80. The largest absolute Gasteiger partial charge is 0.496 e. The molecule has 3 heterocycles. The van der Waals surface area contributed by atoms with Gasteiger partial charge in [-0.15, -0.1) is 0 Å². The predicted molar refractivity (Wildman–Crippen MR) is 133 cm³/mol. The number of carbonyl (C=O) groups excluding carboxylic acids is 1. The van der Waals surface area contributed by atoms with E-state index >= 15 is 0 Å². The molecule has 1 amide bonds. The number of hydrogen-bond acceptors (Lipinski definition) is 4. The molecule has 2 aromatic carbocycles. The van der Waals surface area contributed by atoms with Crippen molar-refractivity contribution in [3.8, 4) is 16.9 Å². The third-order valence-electron chi connectivity index (χ3n) is 7.36. The lowest BCUT2D eigenvalue weighted by molar-refractivity contribution is 0.0189. The summed E-state index contributed by atoms with van der Waals surface area (Å²) >= 11 is 0. The summed E-state index contributed by atoms with van der Waals surface area (Å²) in [6.07, 6.45) is 1.88. The summed E-state index contributed by atoms with van der Waals surface area (Å²) in [5, 5.41) is 0. The van der Waals surface area contributed by atoms with Crippen molar-refractivity contribution >= 4 is 11.8 Å². The number of carbonyl (C=O) groups is 1. The second kappa shape index (κ2) is 7.96. The molecule has 0 aromatic heterocycles. The molecule has 0 radical (unpaired) electrons. The summed E-state index contributed by atoms with van der Waals surface area (Å²) in [6, 6.07) is 11.7. The van der Waals surface area contributed by atoms with Gasteiger partial charge in [-0.3, -0.25) is 0 Å². The first kappa shape index (κ1) is 22.1. The van der Waals surface area contributed by atoms with Crippen molar-refractivity contribution in [1.82, 2.24) is 4.90 Å². The molecule has 1 fully saturated rings. The molecule has 5 nitrogen and oxygen atoms in total. The fourth-order valence-corrected chi connectivity index (χ4v) is 5.80. The van der Waals surface area contributed by atoms with Gasteiger partial charge in [0.2, 0.25) is 0 Å². The van der Waals surface area contributed by atoms with Gasteiger partial charge in [0.15, 0.2) is 0 Å². The zero-order valence-corrected chi connectivity index (χ0v) is 20.8. The molecule has 3 aliphatic rings. The molecule has 0 bridgehead atoms. The fraction of sp³-hybridized carbons (Fsp3) is 0.536. The Morgan fingerprint density at radius 2 is 1.91 bits per heavy atom. The highest BCUT2D eigenvalue weighted by Crippen LogP contribution is 2.51. The van der Waals surface area contributed by atoms with Crippen LogP contribution in [0.3, 0.4) is 0 Å². The first-order chi connectivity index (χ1) is 15.7. The van der Waals surface area contributed by atoms with Gasteiger partial charge in [-0.2, -0.15) is 0 Å². The maximum atomic E-state index is 12.8. The SMILES string of the molecule is COc1ccc(C(C)C)cc1-c1cc2c3c(c1)C1CN(C(=O)OC(C)(C)C)CCC1N3CC2. The lowest BCUT2D eigenvalue weighted by atomic mass is 9.85. The van der Waals surface area contributed by atoms with Gasteiger partial charge in [0, 0.05) is 42.8 Å². The van der Waals surface area contributed by atoms with Crippen LogP contribution in [0.1, 0.15) is 69.6 Å². The summed E-state index contributed by atoms with van der Waals surface area (Å²) in [5.74, 6) is 1.69. The second-order valence-electron chi connectivity index (χ2n) is 11.0. The van der Waals surface area contributed by atoms with Crippen LogP contribution in [-0.4, -0.2) is 49.4 Å². The molecular weight excluding hydrogens is 412 g/mol. The zero-order valence-electron chi connectivity index (χ0n) is 20.8. The molecule has 0 aliphatic carbocycles. The molecule has 0 saturated carbocycles. The van der Waals surface area contributed by atoms with Crippen molar-refractivity contribution in [2.75, 3.05) is 31.6 Å². The average Bonchev–Trinajstić information content (AvgIpc) is 3.33. The number of benzene rings is 2. The van der Waals surface area contributed by atoms with Crippen molar-refractivity contribution < 1.29 is 14.3 Å². The quantitative estimate of drug-likeness (QED) is 0.581. The molecular formula is C28H36N2O3. The number of amides is 1. The standard InChI is InChI=1S/C28H36N2O3/c1-17(2)18-7-8-25(32-6)21(14-18)20-13-19-9-12-30-24-10-11-29(27(31)33-28(3,4)5)16-23(24)22(15-20)26(19)30/h7-8,13-15,17,23-24H,9-12,16H2,1-6H3. The average molecular weight is 449 g/mol. The monoisotopic (exact) mass is 448 g/mol. The predicted octanol–water partition coefficient (Wildman–Crippen LogP) is 5.95. The molecule has 33 heavy (non-hydrogen) atoms. The number of likely N-dealkylation sites (tertiary alicyclic amines) is 1. The number of piperidine rings is 1. The van der Waals surface area contributed by atoms with E-state index in [4.69, 9.17) is 9.47 Å². The van der Waals surface area contributed by atoms with E-state index < -0.39 is 5.60 Å². The maximum absolute atomic E-state index is 12.8. The number of nitrogens with zero attached hydrogens (tertiary/aromatic N) is 2. The van der Waals surface area contributed by atoms with Gasteiger partial charge in [0.25, 0.3) is 0 Å². The number of fused-ring (bicyclic) bond motifs is 3. The number of methoxy groups -OCH3 is 1. The van der Waals surface area contributed by atoms with Crippen molar-refractivity contribution in [2.45, 2.75) is 70.9 Å². The number of rotatable bonds is 3. The molecule has 2 aromatic rings. The van der Waals surface area contributed by atoms with E-state index in [1.807, 2.05) is 25.7 Å². The van der Waals surface area contributed by atoms with Crippen LogP contribution < -0.4 is 9.64 Å². The van der Waals surface area contributed by atoms with Crippen molar-refractivity contribution in [1.29, 1.82) is 0 Å². The van der Waals surface area contributed by atoms with Crippen LogP contribution in [0.15, 0.2) is 30.3 Å². The minimum Gasteiger partial charge on any atom is -0.496 e. The van der Waals surface area contributed by atoms with Crippen molar-refractivity contribution in [3.63, 3.8) is 0 Å². The number of hydrogen-bond donors (Lipinski definition) is 0. The van der Waals surface area contributed by atoms with Gasteiger partial charge in [0.05, 0.1) is 7.11 Å². The molecule has 0 N–H and O–H groups in total. The van der Waals surface area contributed by atoms with E-state index in [-0.39, 0.29) is 6.09 Å². The lowest BCUT2D eigenvalue weighted by Gasteiger charge is -2.38. The Kier molecular flexibility index (Phi) is 5.34. The van der Waals surface area contributed by atoms with Crippen LogP contribution in [0, 0.1) is 0 Å². The number of anilines is 1. The van der Waals surface area contributed by atoms with E-state index in [2.05, 4.69) is 49.1 Å². The van der Waals surface area contributed by atoms with Gasteiger partial charge in [-0.05, 0) is 86.1 Å². The van der Waals surface area contributed by atoms with Gasteiger partial charge < -0.3 is 19.3 Å². The molecule has 176 valence electrons. The van der Waals surface area contributed by atoms with Crippen LogP contribution in [0.2, 0.25) is 0 Å². The Hall–Kier alpha value is -2.69. The minimum atomic E-state index is -0.475. The van der Waals surface area contributed by atoms with Gasteiger partial charge in [0.1, 0.15) is 11.4 Å². The van der Waals surface area contributed by atoms with Crippen LogP contribution in [0.5, 0.6) is 5.75 Å². The van der Waals surface area contributed by atoms with E-state index in [0.29, 0.717) is 17.9 Å². The van der Waals surface area contributed by atoms with Crippen LogP contribution in [0.4, 0.5) is 10.5 Å². The van der Waals surface area contributed by atoms with Crippen molar-refractivity contribution in [3.05, 3.63) is 47.0 Å². The topological polar surface area (TPSA) is 42.0 Å². The van der Waals surface area contributed by atoms with Crippen LogP contribution >= 0.6 is 0 Å². The maximum Gasteiger partial charge on any atom is 0.410 e. The molecule has 0 spiro atoms. The molecule has 3 aliphatic heterocycles. The Morgan fingerprint density at radius 1 is 1.12 bits per heavy atom. The Labute approximate surface area is 197 Å². The first-order valence-corrected chi connectivity index (χ1v) is 12.3. The summed E-state index contributed by atoms with van der Waals surface area (Å²) in [6.45, 7) is 12.8. The van der Waals surface area contributed by atoms with Gasteiger partial charge in [-0.1, -0.05) is 19.9 Å². The van der Waals surface area contributed by atoms with Gasteiger partial charge in [-0.25, -0.2) is 4.79 Å². The number of ether oxygens (including phenoxy) is 2. The molecule has 5 heteroatoms. The summed E-state index contributed by atoms with van der Waals surface area (Å²) in [5.41, 5.74) is 7.45. The van der Waals surface area contributed by atoms with Crippen LogP contribution in [0.25, 0.3) is 11.1 Å². The highest BCUT2D eigenvalue weighted by atomic mass is 16.6. The summed E-state index contributed by atoms with van der Waals surface area (Å²) in [4.78, 5) is 17.3. The highest BCUT2D eigenvalue weighted by Gasteiger charge is 2.46. The highest BCUT2D eigenvalue weighted by molar-refractivity contribution is 5.80. The Bertz CT molecular complexity index is 1090. The normalized spacial score (nSPS) is 21.3. The molecule has 2 unspecified atom stereocenters.